The van der Waals surface area contributed by atoms with Gasteiger partial charge in [0.15, 0.2) is 0 Å². The Morgan fingerprint density at radius 2 is 1.77 bits per heavy atom. The van der Waals surface area contributed by atoms with Crippen LogP contribution in [0.3, 0.4) is 0 Å². The molecule has 0 aliphatic heterocycles. The van der Waals surface area contributed by atoms with Crippen LogP contribution in [-0.2, 0) is 0 Å². The molecular formula is C9H23Br2NSi. The molecule has 0 aliphatic carbocycles. The van der Waals surface area contributed by atoms with Crippen molar-refractivity contribution >= 4 is 24.0 Å². The number of hydrogen-bond donors (Lipinski definition) is 1. The summed E-state index contributed by atoms with van der Waals surface area (Å²) in [5, 5.41) is 0. The van der Waals surface area contributed by atoms with Gasteiger partial charge in [0.25, 0.3) is 0 Å². The summed E-state index contributed by atoms with van der Waals surface area (Å²) >= 11 is 3.79. The summed E-state index contributed by atoms with van der Waals surface area (Å²) in [6, 6.07) is 0.608. The van der Waals surface area contributed by atoms with Gasteiger partial charge >= 0.3 is 0 Å². The van der Waals surface area contributed by atoms with Gasteiger partial charge in [0.1, 0.15) is 0 Å². The van der Waals surface area contributed by atoms with E-state index in [0.29, 0.717) is 10.5 Å². The third kappa shape index (κ3) is 7.11. The molecule has 0 aromatic rings. The molecule has 0 bridgehead atoms. The maximum atomic E-state index is 4.23. The summed E-state index contributed by atoms with van der Waals surface area (Å²) in [6.07, 6.45) is 3.88. The molecule has 0 unspecified atom stereocenters. The molecule has 0 rings (SSSR count). The molecule has 0 spiro atoms. The summed E-state index contributed by atoms with van der Waals surface area (Å²) in [7, 11) is -1.02. The molecule has 0 aromatic heterocycles. The fourth-order valence-corrected chi connectivity index (χ4v) is 3.16. The summed E-state index contributed by atoms with van der Waals surface area (Å²) in [5.74, 6) is 0. The first-order chi connectivity index (χ1) is 5.39. The predicted molar refractivity (Wildman–Crippen MR) is 62.3 cm³/mol. The number of halogens is 2. The van der Waals surface area contributed by atoms with E-state index in [2.05, 4.69) is 48.2 Å². The molecule has 0 saturated carbocycles. The molecule has 0 aliphatic rings. The largest absolute Gasteiger partial charge is 1.00 e. The fourth-order valence-electron chi connectivity index (χ4n) is 1.32. The van der Waals surface area contributed by atoms with Gasteiger partial charge < -0.3 is 22.7 Å². The van der Waals surface area contributed by atoms with E-state index in [9.17, 15) is 0 Å². The molecule has 1 nitrogen and oxygen atoms in total. The second kappa shape index (κ2) is 7.43. The highest BCUT2D eigenvalue weighted by Crippen LogP contribution is 2.20. The lowest BCUT2D eigenvalue weighted by atomic mass is 10.1. The van der Waals surface area contributed by atoms with Crippen molar-refractivity contribution in [3.05, 3.63) is 0 Å². The van der Waals surface area contributed by atoms with E-state index < -0.39 is 8.07 Å². The lowest BCUT2D eigenvalue weighted by Gasteiger charge is -2.26. The van der Waals surface area contributed by atoms with Crippen LogP contribution in [0.15, 0.2) is 0 Å². The Hall–Kier alpha value is 1.14. The minimum absolute atomic E-state index is 0. The van der Waals surface area contributed by atoms with Crippen LogP contribution in [0, 0.1) is 0 Å². The van der Waals surface area contributed by atoms with Crippen LogP contribution in [0.2, 0.25) is 19.6 Å². The van der Waals surface area contributed by atoms with E-state index in [1.807, 2.05) is 0 Å². The van der Waals surface area contributed by atoms with E-state index in [4.69, 9.17) is 0 Å². The minimum atomic E-state index is -1.02. The highest BCUT2D eigenvalue weighted by Gasteiger charge is 2.31. The van der Waals surface area contributed by atoms with Crippen molar-refractivity contribution in [2.24, 2.45) is 0 Å². The van der Waals surface area contributed by atoms with E-state index >= 15 is 0 Å². The molecule has 13 heavy (non-hydrogen) atoms. The molecular weight excluding hydrogens is 310 g/mol. The quantitative estimate of drug-likeness (QED) is 0.516. The zero-order valence-corrected chi connectivity index (χ0v) is 13.4. The van der Waals surface area contributed by atoms with Crippen LogP contribution in [-0.4, -0.2) is 18.6 Å². The van der Waals surface area contributed by atoms with Crippen LogP contribution in [0.5, 0.6) is 0 Å². The van der Waals surface area contributed by atoms with E-state index in [0.717, 1.165) is 0 Å². The lowest BCUT2D eigenvalue weighted by Crippen LogP contribution is -3.00. The normalized spacial score (nSPS) is 16.2. The zero-order valence-electron chi connectivity index (χ0n) is 9.24. The zero-order chi connectivity index (χ0) is 9.78. The van der Waals surface area contributed by atoms with E-state index in [1.54, 1.807) is 0 Å². The molecule has 0 heterocycles. The Morgan fingerprint density at radius 1 is 1.31 bits per heavy atom. The smallest absolute Gasteiger partial charge is 0.0944 e. The second-order valence-corrected chi connectivity index (χ2v) is 11.9. The third-order valence-corrected chi connectivity index (χ3v) is 9.16. The summed E-state index contributed by atoms with van der Waals surface area (Å²) in [6.45, 7) is 9.44. The average molecular weight is 333 g/mol. The van der Waals surface area contributed by atoms with Gasteiger partial charge in [-0.15, -0.1) is 0 Å². The topological polar surface area (TPSA) is 27.6 Å². The van der Waals surface area contributed by atoms with Gasteiger partial charge in [0.2, 0.25) is 0 Å². The van der Waals surface area contributed by atoms with Crippen molar-refractivity contribution < 1.29 is 22.7 Å². The van der Waals surface area contributed by atoms with Crippen LogP contribution in [0.4, 0.5) is 0 Å². The maximum absolute atomic E-state index is 4.23. The highest BCUT2D eigenvalue weighted by atomic mass is 79.9. The summed E-state index contributed by atoms with van der Waals surface area (Å²) < 4.78 is 0.677. The highest BCUT2D eigenvalue weighted by molar-refractivity contribution is 9.10. The number of hydrogen-bond acceptors (Lipinski definition) is 0. The molecule has 0 fully saturated rings. The minimum Gasteiger partial charge on any atom is -1.00 e. The standard InChI is InChI=1S/C9H22BrNSi.BrH/c1-5-6-7-8(11)9(10)12(2,3)4;/h8-9H,5-7,11H2,1-4H3;1H/t8-,9-;/m1./s1. The average Bonchev–Trinajstić information content (AvgIpc) is 1.97. The van der Waals surface area contributed by atoms with Gasteiger partial charge in [-0.2, -0.15) is 0 Å². The van der Waals surface area contributed by atoms with Crippen LogP contribution < -0.4 is 22.7 Å². The molecule has 0 amide bonds. The first-order valence-electron chi connectivity index (χ1n) is 4.86. The summed E-state index contributed by atoms with van der Waals surface area (Å²) in [5.41, 5.74) is 4.23. The van der Waals surface area contributed by atoms with Crippen LogP contribution in [0.1, 0.15) is 26.2 Å². The third-order valence-electron chi connectivity index (χ3n) is 2.17. The van der Waals surface area contributed by atoms with Crippen molar-refractivity contribution in [1.29, 1.82) is 0 Å². The van der Waals surface area contributed by atoms with Crippen LogP contribution in [0.25, 0.3) is 0 Å². The van der Waals surface area contributed by atoms with Crippen molar-refractivity contribution in [1.82, 2.24) is 0 Å². The fraction of sp³-hybridized carbons (Fsp3) is 1.00. The van der Waals surface area contributed by atoms with Crippen LogP contribution >= 0.6 is 15.9 Å². The first-order valence-corrected chi connectivity index (χ1v) is 9.36. The van der Waals surface area contributed by atoms with Gasteiger partial charge in [-0.3, -0.25) is 0 Å². The van der Waals surface area contributed by atoms with Gasteiger partial charge in [-0.05, 0) is 6.42 Å². The summed E-state index contributed by atoms with van der Waals surface area (Å²) in [4.78, 5) is 0. The predicted octanol–water partition coefficient (Wildman–Crippen LogP) is -0.568. The van der Waals surface area contributed by atoms with Gasteiger partial charge in [0.05, 0.1) is 18.6 Å². The molecule has 4 heteroatoms. The Balaban J connectivity index is 0. The van der Waals surface area contributed by atoms with Crippen molar-refractivity contribution in [2.45, 2.75) is 56.3 Å². The Labute approximate surface area is 103 Å². The van der Waals surface area contributed by atoms with Crippen molar-refractivity contribution in [2.75, 3.05) is 0 Å². The molecule has 2 atom stereocenters. The SMILES string of the molecule is CCCC[C@@H]([NH3+])[C@H](Br)[Si](C)(C)C.[Br-]. The molecule has 3 N–H and O–H groups in total. The van der Waals surface area contributed by atoms with Crippen molar-refractivity contribution in [3.8, 4) is 0 Å². The lowest BCUT2D eigenvalue weighted by molar-refractivity contribution is -0.416. The van der Waals surface area contributed by atoms with Gasteiger partial charge in [-0.1, -0.05) is 48.9 Å². The van der Waals surface area contributed by atoms with Gasteiger partial charge in [-0.25, -0.2) is 0 Å². The molecule has 82 valence electrons. The number of quaternary nitrogens is 1. The Bertz CT molecular complexity index is 125. The van der Waals surface area contributed by atoms with E-state index in [-0.39, 0.29) is 17.0 Å². The Morgan fingerprint density at radius 3 is 2.08 bits per heavy atom. The molecule has 0 radical (unpaired) electrons. The monoisotopic (exact) mass is 331 g/mol. The molecule has 0 aromatic carbocycles. The first kappa shape index (κ1) is 16.6. The number of unbranched alkanes of at least 4 members (excludes halogenated alkanes) is 1. The van der Waals surface area contributed by atoms with Gasteiger partial charge in [0, 0.05) is 6.42 Å². The molecule has 0 saturated heterocycles. The van der Waals surface area contributed by atoms with E-state index in [1.165, 1.54) is 19.3 Å². The van der Waals surface area contributed by atoms with Crippen molar-refractivity contribution in [3.63, 3.8) is 0 Å². The Kier molecular flexibility index (Phi) is 9.47. The maximum Gasteiger partial charge on any atom is 0.0944 e. The number of rotatable bonds is 5. The second-order valence-electron chi connectivity index (χ2n) is 4.67. The number of alkyl halides is 1.